The number of hydrogen-bond acceptors (Lipinski definition) is 4. The van der Waals surface area contributed by atoms with E-state index in [-0.39, 0.29) is 3.63 Å². The van der Waals surface area contributed by atoms with E-state index in [0.717, 1.165) is 19.6 Å². The molecule has 0 fully saturated rings. The summed E-state index contributed by atoms with van der Waals surface area (Å²) >= 11 is -3.95. The Morgan fingerprint density at radius 2 is 1.00 bits per heavy atom. The van der Waals surface area contributed by atoms with Crippen LogP contribution >= 0.6 is 0 Å². The molecule has 0 atom stereocenters. The van der Waals surface area contributed by atoms with Crippen LogP contribution in [0.1, 0.15) is 41.5 Å². The van der Waals surface area contributed by atoms with Crippen LogP contribution in [0, 0.1) is 0 Å². The Morgan fingerprint density at radius 1 is 0.778 bits per heavy atom. The fourth-order valence-corrected chi connectivity index (χ4v) is 25.8. The van der Waals surface area contributed by atoms with Gasteiger partial charge in [0.05, 0.1) is 0 Å². The molecule has 0 rings (SSSR count). The number of nitrogens with zero attached hydrogens (tertiary/aromatic N) is 3. The van der Waals surface area contributed by atoms with Crippen molar-refractivity contribution in [3.05, 3.63) is 0 Å². The molecular formula is C13H35N4Ta. The molecule has 18 heavy (non-hydrogen) atoms. The first kappa shape index (κ1) is 18.6. The van der Waals surface area contributed by atoms with Crippen LogP contribution in [0.3, 0.4) is 0 Å². The molecular weight excluding hydrogens is 393 g/mol. The Morgan fingerprint density at radius 3 is 1.11 bits per heavy atom. The van der Waals surface area contributed by atoms with E-state index in [2.05, 4.69) is 72.6 Å². The number of hydrogen-bond donors (Lipinski definition) is 1. The molecule has 0 aromatic heterocycles. The van der Waals surface area contributed by atoms with Gasteiger partial charge in [-0.2, -0.15) is 0 Å². The van der Waals surface area contributed by atoms with E-state index in [0.29, 0.717) is 0 Å². The van der Waals surface area contributed by atoms with Crippen LogP contribution in [0.4, 0.5) is 0 Å². The first-order valence-corrected chi connectivity index (χ1v) is 14.8. The monoisotopic (exact) mass is 428 g/mol. The van der Waals surface area contributed by atoms with Crippen molar-refractivity contribution in [2.45, 2.75) is 45.2 Å². The molecule has 5 heteroatoms. The van der Waals surface area contributed by atoms with Gasteiger partial charge in [-0.1, -0.05) is 0 Å². The molecule has 0 saturated heterocycles. The number of nitrogens with two attached hydrogens (primary N) is 1. The second kappa shape index (κ2) is 5.92. The van der Waals surface area contributed by atoms with Gasteiger partial charge in [0, 0.05) is 0 Å². The summed E-state index contributed by atoms with van der Waals surface area (Å²) in [5, 5.41) is 0. The Kier molecular flexibility index (Phi) is 6.11. The van der Waals surface area contributed by atoms with E-state index in [4.69, 9.17) is 4.14 Å². The maximum atomic E-state index is 7.35. The standard InChI is InChI=1S/C4H9.3C3H8N.H2N.Ta/c1-4(2)3;3*1-3-4-2;;/h1-3H3;3*3H2,1-2H3;1H2;/q;4*-1;+4. The van der Waals surface area contributed by atoms with Crippen LogP contribution in [0.2, 0.25) is 3.63 Å². The normalized spacial score (nSPS) is 16.4. The zero-order chi connectivity index (χ0) is 14.8. The van der Waals surface area contributed by atoms with Crippen molar-refractivity contribution in [1.82, 2.24) is 9.91 Å². The summed E-state index contributed by atoms with van der Waals surface area (Å²) in [4.78, 5) is 0. The minimum atomic E-state index is -3.95. The molecule has 112 valence electrons. The molecule has 4 nitrogen and oxygen atoms in total. The van der Waals surface area contributed by atoms with E-state index in [1.165, 1.54) is 0 Å². The van der Waals surface area contributed by atoms with Crippen molar-refractivity contribution in [3.8, 4) is 0 Å². The molecule has 0 aromatic rings. The predicted octanol–water partition coefficient (Wildman–Crippen LogP) is 2.37. The van der Waals surface area contributed by atoms with Crippen LogP contribution in [0.25, 0.3) is 0 Å². The Bertz CT molecular complexity index is 245. The van der Waals surface area contributed by atoms with Crippen LogP contribution in [0.15, 0.2) is 0 Å². The van der Waals surface area contributed by atoms with Crippen molar-refractivity contribution in [2.24, 2.45) is 4.14 Å². The van der Waals surface area contributed by atoms with Gasteiger partial charge in [-0.05, 0) is 0 Å². The molecule has 0 radical (unpaired) electrons. The second-order valence-electron chi connectivity index (χ2n) is 6.14. The average Bonchev–Trinajstić information content (AvgIpc) is 2.32. The quantitative estimate of drug-likeness (QED) is 0.705. The Balaban J connectivity index is 6.21. The van der Waals surface area contributed by atoms with E-state index < -0.39 is 16.9 Å². The summed E-state index contributed by atoms with van der Waals surface area (Å²) in [6.07, 6.45) is 0. The second-order valence-corrected chi connectivity index (χ2v) is 25.8. The minimum absolute atomic E-state index is 0.0892. The summed E-state index contributed by atoms with van der Waals surface area (Å²) in [7, 11) is 6.62. The Hall–Kier alpha value is 0.580. The summed E-state index contributed by atoms with van der Waals surface area (Å²) in [6, 6.07) is 0. The van der Waals surface area contributed by atoms with E-state index in [9.17, 15) is 0 Å². The van der Waals surface area contributed by atoms with E-state index >= 15 is 0 Å². The van der Waals surface area contributed by atoms with Crippen molar-refractivity contribution >= 4 is 0 Å². The van der Waals surface area contributed by atoms with Crippen molar-refractivity contribution in [1.29, 1.82) is 0 Å². The van der Waals surface area contributed by atoms with Gasteiger partial charge in [0.15, 0.2) is 0 Å². The van der Waals surface area contributed by atoms with Gasteiger partial charge in [0.2, 0.25) is 0 Å². The van der Waals surface area contributed by atoms with Gasteiger partial charge in [-0.25, -0.2) is 0 Å². The van der Waals surface area contributed by atoms with Gasteiger partial charge in [-0.15, -0.1) is 0 Å². The van der Waals surface area contributed by atoms with Gasteiger partial charge >= 0.3 is 117 Å². The van der Waals surface area contributed by atoms with Crippen molar-refractivity contribution in [2.75, 3.05) is 40.8 Å². The molecule has 0 heterocycles. The molecule has 0 spiro atoms. The molecule has 0 aliphatic rings. The molecule has 0 saturated carbocycles. The summed E-state index contributed by atoms with van der Waals surface area (Å²) in [5.74, 6) is 0. The topological polar surface area (TPSA) is 35.7 Å². The van der Waals surface area contributed by atoms with Crippen LogP contribution < -0.4 is 4.14 Å². The van der Waals surface area contributed by atoms with Crippen LogP contribution in [0.5, 0.6) is 0 Å². The first-order valence-electron chi connectivity index (χ1n) is 6.99. The molecule has 0 aliphatic carbocycles. The van der Waals surface area contributed by atoms with Gasteiger partial charge in [-0.3, -0.25) is 0 Å². The zero-order valence-corrected chi connectivity index (χ0v) is 17.2. The summed E-state index contributed by atoms with van der Waals surface area (Å²) in [6.45, 7) is 16.5. The first-order chi connectivity index (χ1) is 8.02. The van der Waals surface area contributed by atoms with Gasteiger partial charge in [0.25, 0.3) is 0 Å². The molecule has 0 bridgehead atoms. The maximum absolute atomic E-state index is 7.35. The van der Waals surface area contributed by atoms with Crippen molar-refractivity contribution in [3.63, 3.8) is 0 Å². The van der Waals surface area contributed by atoms with Crippen LogP contribution in [-0.2, 0) is 16.9 Å². The van der Waals surface area contributed by atoms with Gasteiger partial charge in [0.1, 0.15) is 0 Å². The van der Waals surface area contributed by atoms with Crippen LogP contribution in [-0.4, -0.2) is 50.7 Å². The molecule has 0 amide bonds. The zero-order valence-electron chi connectivity index (χ0n) is 14.0. The van der Waals surface area contributed by atoms with Gasteiger partial charge < -0.3 is 0 Å². The molecule has 0 aromatic carbocycles. The SMILES string of the molecule is CC[N](C)[Ta]([NH2])([N](C)CC)([N](C)CC)[C](C)(C)C. The number of rotatable bonds is 6. The third kappa shape index (κ3) is 2.22. The fraction of sp³-hybridized carbons (Fsp3) is 1.00. The van der Waals surface area contributed by atoms with Crippen molar-refractivity contribution < 1.29 is 16.9 Å². The average molecular weight is 428 g/mol. The predicted molar refractivity (Wildman–Crippen MR) is 78.8 cm³/mol. The Labute approximate surface area is 117 Å². The summed E-state index contributed by atoms with van der Waals surface area (Å²) in [5.41, 5.74) is 0. The molecule has 2 N–H and O–H groups in total. The third-order valence-corrected chi connectivity index (χ3v) is 31.5. The van der Waals surface area contributed by atoms with E-state index in [1.807, 2.05) is 0 Å². The van der Waals surface area contributed by atoms with E-state index in [1.54, 1.807) is 0 Å². The molecule has 0 aliphatic heterocycles. The third-order valence-electron chi connectivity index (χ3n) is 4.68. The molecule has 0 unspecified atom stereocenters. The fourth-order valence-electron chi connectivity index (χ4n) is 3.15. The summed E-state index contributed by atoms with van der Waals surface area (Å²) < 4.78 is 14.9.